The van der Waals surface area contributed by atoms with Gasteiger partial charge in [-0.1, -0.05) is 61.7 Å². The number of carbonyl (C=O) groups is 1. The van der Waals surface area contributed by atoms with Crippen LogP contribution in [0.15, 0.2) is 60.2 Å². The Hall–Kier alpha value is -2.71. The van der Waals surface area contributed by atoms with E-state index in [9.17, 15) is 17.6 Å². The molecule has 0 bridgehead atoms. The molecule has 1 aliphatic heterocycles. The Kier molecular flexibility index (Phi) is 7.81. The van der Waals surface area contributed by atoms with Gasteiger partial charge in [0.05, 0.1) is 10.4 Å². The monoisotopic (exact) mass is 528 g/mol. The van der Waals surface area contributed by atoms with Gasteiger partial charge in [0.15, 0.2) is 0 Å². The van der Waals surface area contributed by atoms with Crippen molar-refractivity contribution in [2.24, 2.45) is 5.92 Å². The molecule has 1 amide bonds. The fourth-order valence-corrected chi connectivity index (χ4v) is 7.69. The van der Waals surface area contributed by atoms with Crippen molar-refractivity contribution in [2.75, 3.05) is 0 Å². The van der Waals surface area contributed by atoms with Gasteiger partial charge < -0.3 is 10.1 Å². The highest BCUT2D eigenvalue weighted by molar-refractivity contribution is 7.99. The zero-order valence-electron chi connectivity index (χ0n) is 22.0. The third-order valence-electron chi connectivity index (χ3n) is 7.19. The molecule has 1 fully saturated rings. The second kappa shape index (κ2) is 10.6. The maximum Gasteiger partial charge on any atom is 0.407 e. The minimum Gasteiger partial charge on any atom is -0.444 e. The van der Waals surface area contributed by atoms with Crippen LogP contribution in [0.3, 0.4) is 0 Å². The molecule has 1 aliphatic carbocycles. The zero-order chi connectivity index (χ0) is 26.8. The minimum absolute atomic E-state index is 0.202. The number of sulfonamides is 1. The number of ether oxygens (including phenoxy) is 1. The summed E-state index contributed by atoms with van der Waals surface area (Å²) in [5, 5.41) is 2.99. The highest BCUT2D eigenvalue weighted by Gasteiger charge is 2.52. The van der Waals surface area contributed by atoms with Crippen LogP contribution >= 0.6 is 0 Å². The maximum absolute atomic E-state index is 13.8. The second-order valence-electron chi connectivity index (χ2n) is 11.2. The number of benzene rings is 2. The Morgan fingerprint density at radius 3 is 2.27 bits per heavy atom. The molecule has 1 saturated carbocycles. The molecule has 2 aromatic rings. The van der Waals surface area contributed by atoms with E-state index >= 15 is 0 Å². The first-order valence-electron chi connectivity index (χ1n) is 13.0. The topological polar surface area (TPSA) is 84.5 Å². The fraction of sp³-hybridized carbons (Fsp3) is 0.483. The summed E-state index contributed by atoms with van der Waals surface area (Å²) in [6, 6.07) is 15.1. The van der Waals surface area contributed by atoms with Crippen LogP contribution in [0.1, 0.15) is 70.9 Å². The number of hydrogen-bond donors (Lipinski definition) is 2. The van der Waals surface area contributed by atoms with Crippen LogP contribution in [0, 0.1) is 11.7 Å². The number of carbonyl (C=O) groups excluding carboxylic acids is 1. The van der Waals surface area contributed by atoms with Crippen molar-refractivity contribution in [1.29, 1.82) is 0 Å². The summed E-state index contributed by atoms with van der Waals surface area (Å²) in [6.45, 7) is 7.31. The van der Waals surface area contributed by atoms with E-state index in [2.05, 4.69) is 10.0 Å². The largest absolute Gasteiger partial charge is 0.444 e. The SMILES string of the molecule is CC(NC(=O)OC(C)(C)C)C(Cc1ccccc1)C1=C(c2ccc(F)cc2)S(=O)(=O)NC12CCCCC2. The molecule has 2 aliphatic rings. The highest BCUT2D eigenvalue weighted by Crippen LogP contribution is 2.49. The van der Waals surface area contributed by atoms with Crippen LogP contribution in [0.2, 0.25) is 0 Å². The quantitative estimate of drug-likeness (QED) is 0.486. The van der Waals surface area contributed by atoms with Crippen molar-refractivity contribution in [3.8, 4) is 0 Å². The summed E-state index contributed by atoms with van der Waals surface area (Å²) >= 11 is 0. The Morgan fingerprint density at radius 2 is 1.68 bits per heavy atom. The predicted octanol–water partition coefficient (Wildman–Crippen LogP) is 5.94. The molecular weight excluding hydrogens is 491 g/mol. The summed E-state index contributed by atoms with van der Waals surface area (Å²) in [5.74, 6) is -0.778. The van der Waals surface area contributed by atoms with E-state index in [0.29, 0.717) is 24.8 Å². The van der Waals surface area contributed by atoms with Crippen molar-refractivity contribution in [3.63, 3.8) is 0 Å². The van der Waals surface area contributed by atoms with Gasteiger partial charge in [-0.3, -0.25) is 0 Å². The van der Waals surface area contributed by atoms with Crippen molar-refractivity contribution >= 4 is 21.0 Å². The zero-order valence-corrected chi connectivity index (χ0v) is 22.8. The second-order valence-corrected chi connectivity index (χ2v) is 12.8. The van der Waals surface area contributed by atoms with Gasteiger partial charge in [-0.2, -0.15) is 0 Å². The number of alkyl carbamates (subject to hydrolysis) is 1. The Balaban J connectivity index is 1.88. The van der Waals surface area contributed by atoms with E-state index in [1.54, 1.807) is 20.8 Å². The fourth-order valence-electron chi connectivity index (χ4n) is 5.68. The van der Waals surface area contributed by atoms with Crippen LogP contribution in [-0.2, 0) is 21.2 Å². The molecule has 2 N–H and O–H groups in total. The average molecular weight is 529 g/mol. The molecule has 200 valence electrons. The number of rotatable bonds is 6. The van der Waals surface area contributed by atoms with Gasteiger partial charge >= 0.3 is 6.09 Å². The molecule has 8 heteroatoms. The van der Waals surface area contributed by atoms with Crippen LogP contribution in [0.5, 0.6) is 0 Å². The van der Waals surface area contributed by atoms with Gasteiger partial charge in [0, 0.05) is 12.0 Å². The van der Waals surface area contributed by atoms with Crippen LogP contribution in [0.25, 0.3) is 4.91 Å². The number of nitrogens with one attached hydrogen (secondary N) is 2. The van der Waals surface area contributed by atoms with E-state index in [-0.39, 0.29) is 10.8 Å². The lowest BCUT2D eigenvalue weighted by Gasteiger charge is -2.40. The van der Waals surface area contributed by atoms with Crippen LogP contribution in [-0.4, -0.2) is 31.7 Å². The molecule has 6 nitrogen and oxygen atoms in total. The van der Waals surface area contributed by atoms with Crippen molar-refractivity contribution in [2.45, 2.75) is 83.4 Å². The van der Waals surface area contributed by atoms with Gasteiger partial charge in [0.1, 0.15) is 11.4 Å². The predicted molar refractivity (Wildman–Crippen MR) is 144 cm³/mol. The van der Waals surface area contributed by atoms with Crippen molar-refractivity contribution in [1.82, 2.24) is 10.0 Å². The van der Waals surface area contributed by atoms with E-state index in [4.69, 9.17) is 4.74 Å². The van der Waals surface area contributed by atoms with E-state index in [1.807, 2.05) is 37.3 Å². The Labute approximate surface area is 219 Å². The first kappa shape index (κ1) is 27.3. The van der Waals surface area contributed by atoms with Crippen LogP contribution in [0.4, 0.5) is 9.18 Å². The van der Waals surface area contributed by atoms with Gasteiger partial charge in [0.2, 0.25) is 10.0 Å². The summed E-state index contributed by atoms with van der Waals surface area (Å²) in [7, 11) is -3.88. The number of amides is 1. The molecule has 1 heterocycles. The van der Waals surface area contributed by atoms with Gasteiger partial charge in [0.25, 0.3) is 0 Å². The van der Waals surface area contributed by atoms with Gasteiger partial charge in [-0.05, 0) is 75.8 Å². The minimum atomic E-state index is -3.88. The molecule has 4 rings (SSSR count). The lowest BCUT2D eigenvalue weighted by atomic mass is 9.69. The molecule has 0 saturated heterocycles. The van der Waals surface area contributed by atoms with Gasteiger partial charge in [-0.15, -0.1) is 0 Å². The molecule has 1 spiro atoms. The van der Waals surface area contributed by atoms with Crippen LogP contribution < -0.4 is 10.0 Å². The van der Waals surface area contributed by atoms with E-state index in [1.165, 1.54) is 24.3 Å². The molecule has 2 atom stereocenters. The third kappa shape index (κ3) is 6.24. The summed E-state index contributed by atoms with van der Waals surface area (Å²) in [4.78, 5) is 13.0. The summed E-state index contributed by atoms with van der Waals surface area (Å²) < 4.78 is 49.9. The Bertz CT molecular complexity index is 1250. The molecule has 2 unspecified atom stereocenters. The van der Waals surface area contributed by atoms with E-state index < -0.39 is 39.1 Å². The average Bonchev–Trinajstić information content (AvgIpc) is 3.03. The maximum atomic E-state index is 13.8. The standard InChI is InChI=1S/C29H37FN2O4S/c1-20(31-27(33)36-28(2,3)4)24(19-21-11-7-5-8-12-21)25-26(22-13-15-23(30)16-14-22)37(34,35)32-29(25)17-9-6-10-18-29/h5,7-8,11-16,20,24,32H,6,9-10,17-19H2,1-4H3,(H,31,33). The number of hydrogen-bond acceptors (Lipinski definition) is 4. The van der Waals surface area contributed by atoms with Crippen molar-refractivity contribution < 1.29 is 22.3 Å². The first-order chi connectivity index (χ1) is 17.4. The first-order valence-corrected chi connectivity index (χ1v) is 14.5. The normalized spacial score (nSPS) is 20.5. The van der Waals surface area contributed by atoms with Gasteiger partial charge in [-0.25, -0.2) is 22.3 Å². The lowest BCUT2D eigenvalue weighted by Crippen LogP contribution is -2.51. The Morgan fingerprint density at radius 1 is 1.05 bits per heavy atom. The van der Waals surface area contributed by atoms with E-state index in [0.717, 1.165) is 30.4 Å². The third-order valence-corrected chi connectivity index (χ3v) is 8.84. The van der Waals surface area contributed by atoms with Crippen molar-refractivity contribution in [3.05, 3.63) is 77.1 Å². The molecule has 0 radical (unpaired) electrons. The number of halogens is 1. The molecule has 0 aromatic heterocycles. The summed E-state index contributed by atoms with van der Waals surface area (Å²) in [5.41, 5.74) is 0.844. The molecule has 37 heavy (non-hydrogen) atoms. The lowest BCUT2D eigenvalue weighted by molar-refractivity contribution is 0.0494. The molecule has 2 aromatic carbocycles. The highest BCUT2D eigenvalue weighted by atomic mass is 32.2. The summed E-state index contributed by atoms with van der Waals surface area (Å²) in [6.07, 6.45) is 4.17. The molecular formula is C29H37FN2O4S. The smallest absolute Gasteiger partial charge is 0.407 e.